The lowest BCUT2D eigenvalue weighted by atomic mass is 10.3. The van der Waals surface area contributed by atoms with Crippen LogP contribution in [0.1, 0.15) is 5.76 Å². The number of hydrogen-bond acceptors (Lipinski definition) is 3. The van der Waals surface area contributed by atoms with E-state index in [-0.39, 0.29) is 12.0 Å². The van der Waals surface area contributed by atoms with Crippen LogP contribution in [0.3, 0.4) is 0 Å². The van der Waals surface area contributed by atoms with Crippen LogP contribution in [0.4, 0.5) is 0 Å². The van der Waals surface area contributed by atoms with Gasteiger partial charge in [0.1, 0.15) is 11.2 Å². The minimum absolute atomic E-state index is 0.167. The second-order valence-electron chi connectivity index (χ2n) is 2.53. The molecule has 0 radical (unpaired) electrons. The zero-order chi connectivity index (χ0) is 9.84. The van der Waals surface area contributed by atoms with E-state index in [4.69, 9.17) is 10.2 Å². The van der Waals surface area contributed by atoms with Crippen molar-refractivity contribution in [3.8, 4) is 0 Å². The van der Waals surface area contributed by atoms with Gasteiger partial charge in [0.15, 0.2) is 5.43 Å². The predicted molar refractivity (Wildman–Crippen MR) is 52.3 cm³/mol. The van der Waals surface area contributed by atoms with Crippen LogP contribution in [0.5, 0.6) is 0 Å². The summed E-state index contributed by atoms with van der Waals surface area (Å²) in [5, 5.41) is 0.331. The highest BCUT2D eigenvalue weighted by Gasteiger charge is 1.96. The topological polar surface area (TPSA) is 56.2 Å². The minimum atomic E-state index is -0.167. The first-order chi connectivity index (χ1) is 6.19. The van der Waals surface area contributed by atoms with E-state index in [1.807, 2.05) is 0 Å². The molecule has 3 nitrogen and oxygen atoms in total. The maximum absolute atomic E-state index is 11.3. The van der Waals surface area contributed by atoms with Gasteiger partial charge in [-0.1, -0.05) is 19.2 Å². The molecule has 1 heterocycles. The zero-order valence-corrected chi connectivity index (χ0v) is 7.25. The Bertz CT molecular complexity index is 471. The van der Waals surface area contributed by atoms with E-state index in [1.54, 1.807) is 6.08 Å². The van der Waals surface area contributed by atoms with Crippen molar-refractivity contribution < 1.29 is 4.42 Å². The highest BCUT2D eigenvalue weighted by molar-refractivity contribution is 5.32. The fourth-order valence-corrected chi connectivity index (χ4v) is 0.929. The van der Waals surface area contributed by atoms with E-state index in [1.165, 1.54) is 12.1 Å². The average Bonchev–Trinajstić information content (AvgIpc) is 2.13. The first kappa shape index (κ1) is 9.48. The molecule has 2 N–H and O–H groups in total. The molecule has 0 saturated heterocycles. The lowest BCUT2D eigenvalue weighted by molar-refractivity contribution is 0.459. The molecule has 1 rings (SSSR count). The second-order valence-corrected chi connectivity index (χ2v) is 2.53. The van der Waals surface area contributed by atoms with Crippen molar-refractivity contribution in [3.05, 3.63) is 45.3 Å². The standard InChI is InChI=1S/C10H11NO2/c1-3-4-10-7(2)9(12)5-8(6-11)13-10/h3-5H,1-2,6,11H2/b10-4+. The molecule has 0 saturated carbocycles. The maximum atomic E-state index is 11.3. The molecule has 0 bridgehead atoms. The first-order valence-electron chi connectivity index (χ1n) is 3.84. The van der Waals surface area contributed by atoms with Crippen LogP contribution < -0.4 is 21.8 Å². The van der Waals surface area contributed by atoms with Gasteiger partial charge in [0.05, 0.1) is 11.8 Å². The van der Waals surface area contributed by atoms with E-state index < -0.39 is 0 Å². The Kier molecular flexibility index (Phi) is 2.82. The van der Waals surface area contributed by atoms with Gasteiger partial charge in [-0.05, 0) is 6.08 Å². The molecule has 0 amide bonds. The van der Waals surface area contributed by atoms with Gasteiger partial charge < -0.3 is 10.2 Å². The summed E-state index contributed by atoms with van der Waals surface area (Å²) in [4.78, 5) is 11.3. The summed E-state index contributed by atoms with van der Waals surface area (Å²) in [6, 6.07) is 1.35. The molecule has 0 aliphatic carbocycles. The molecule has 0 unspecified atom stereocenters. The third-order valence-electron chi connectivity index (χ3n) is 1.60. The smallest absolute Gasteiger partial charge is 0.192 e. The van der Waals surface area contributed by atoms with Crippen molar-refractivity contribution >= 4 is 12.7 Å². The van der Waals surface area contributed by atoms with Crippen LogP contribution in [0.25, 0.3) is 12.7 Å². The summed E-state index contributed by atoms with van der Waals surface area (Å²) in [6.45, 7) is 7.30. The molecule has 0 aromatic carbocycles. The van der Waals surface area contributed by atoms with E-state index in [9.17, 15) is 4.79 Å². The van der Waals surface area contributed by atoms with Crippen LogP contribution in [-0.2, 0) is 6.54 Å². The van der Waals surface area contributed by atoms with Crippen LogP contribution >= 0.6 is 0 Å². The van der Waals surface area contributed by atoms with Crippen molar-refractivity contribution in [2.24, 2.45) is 5.73 Å². The van der Waals surface area contributed by atoms with E-state index in [0.29, 0.717) is 16.4 Å². The Labute approximate surface area is 75.5 Å². The van der Waals surface area contributed by atoms with E-state index >= 15 is 0 Å². The Morgan fingerprint density at radius 1 is 1.62 bits per heavy atom. The number of nitrogens with two attached hydrogens (primary N) is 1. The van der Waals surface area contributed by atoms with Crippen molar-refractivity contribution in [2.75, 3.05) is 0 Å². The largest absolute Gasteiger partial charge is 0.459 e. The lowest BCUT2D eigenvalue weighted by Crippen LogP contribution is -2.37. The Morgan fingerprint density at radius 3 is 2.85 bits per heavy atom. The van der Waals surface area contributed by atoms with Gasteiger partial charge in [0.2, 0.25) is 0 Å². The summed E-state index contributed by atoms with van der Waals surface area (Å²) in [5.74, 6) is 0.450. The molecule has 1 aromatic heterocycles. The maximum Gasteiger partial charge on any atom is 0.192 e. The summed E-state index contributed by atoms with van der Waals surface area (Å²) < 4.78 is 5.26. The molecule has 3 heteroatoms. The fourth-order valence-electron chi connectivity index (χ4n) is 0.929. The van der Waals surface area contributed by atoms with Gasteiger partial charge in [-0.25, -0.2) is 0 Å². The highest BCUT2D eigenvalue weighted by Crippen LogP contribution is 1.84. The Morgan fingerprint density at radius 2 is 2.31 bits per heavy atom. The molecule has 68 valence electrons. The summed E-state index contributed by atoms with van der Waals surface area (Å²) in [7, 11) is 0. The molecule has 0 atom stereocenters. The number of allylic oxidation sites excluding steroid dienone is 1. The molecule has 0 aliphatic rings. The monoisotopic (exact) mass is 177 g/mol. The molecular weight excluding hydrogens is 166 g/mol. The first-order valence-corrected chi connectivity index (χ1v) is 3.84. The normalized spacial score (nSPS) is 11.6. The van der Waals surface area contributed by atoms with Gasteiger partial charge in [-0.3, -0.25) is 4.79 Å². The van der Waals surface area contributed by atoms with Crippen LogP contribution in [0.2, 0.25) is 0 Å². The fraction of sp³-hybridized carbons (Fsp3) is 0.100. The van der Waals surface area contributed by atoms with Gasteiger partial charge in [-0.2, -0.15) is 0 Å². The zero-order valence-electron chi connectivity index (χ0n) is 7.25. The van der Waals surface area contributed by atoms with Crippen molar-refractivity contribution in [2.45, 2.75) is 6.54 Å². The Balaban J connectivity index is 3.61. The van der Waals surface area contributed by atoms with Crippen molar-refractivity contribution in [3.63, 3.8) is 0 Å². The van der Waals surface area contributed by atoms with Crippen LogP contribution in [0.15, 0.2) is 27.9 Å². The average molecular weight is 177 g/mol. The Hall–Kier alpha value is -1.61. The molecule has 0 aliphatic heterocycles. The van der Waals surface area contributed by atoms with Gasteiger partial charge in [0, 0.05) is 6.07 Å². The molecular formula is C10H11NO2. The van der Waals surface area contributed by atoms with E-state index in [2.05, 4.69) is 13.2 Å². The summed E-state index contributed by atoms with van der Waals surface area (Å²) in [5.41, 5.74) is 5.59. The van der Waals surface area contributed by atoms with E-state index in [0.717, 1.165) is 0 Å². The van der Waals surface area contributed by atoms with Gasteiger partial charge in [-0.15, -0.1) is 0 Å². The van der Waals surface area contributed by atoms with Crippen molar-refractivity contribution in [1.29, 1.82) is 0 Å². The third-order valence-corrected chi connectivity index (χ3v) is 1.60. The minimum Gasteiger partial charge on any atom is -0.459 e. The predicted octanol–water partition coefficient (Wildman–Crippen LogP) is -0.525. The molecule has 0 spiro atoms. The highest BCUT2D eigenvalue weighted by atomic mass is 16.3. The lowest BCUT2D eigenvalue weighted by Gasteiger charge is -1.94. The van der Waals surface area contributed by atoms with Gasteiger partial charge in [0.25, 0.3) is 0 Å². The number of hydrogen-bond donors (Lipinski definition) is 1. The molecule has 13 heavy (non-hydrogen) atoms. The summed E-state index contributed by atoms with van der Waals surface area (Å²) >= 11 is 0. The third kappa shape index (κ3) is 1.95. The second kappa shape index (κ2) is 3.87. The van der Waals surface area contributed by atoms with Crippen molar-refractivity contribution in [1.82, 2.24) is 0 Å². The van der Waals surface area contributed by atoms with Crippen LogP contribution in [0, 0.1) is 0 Å². The molecule has 0 fully saturated rings. The van der Waals surface area contributed by atoms with Gasteiger partial charge >= 0.3 is 0 Å². The SMILES string of the molecule is C=C/C=c1/oc(CN)cc(=O)c1=C. The quantitative estimate of drug-likeness (QED) is 0.661. The summed E-state index contributed by atoms with van der Waals surface area (Å²) in [6.07, 6.45) is 3.12. The number of rotatable bonds is 2. The van der Waals surface area contributed by atoms with Crippen LogP contribution in [-0.4, -0.2) is 0 Å². The molecule has 1 aromatic rings.